The van der Waals surface area contributed by atoms with Crippen molar-refractivity contribution >= 4 is 16.6 Å². The molecule has 7 heteroatoms. The number of para-hydroxylation sites is 1. The van der Waals surface area contributed by atoms with Gasteiger partial charge < -0.3 is 10.1 Å². The molecule has 0 spiro atoms. The number of nitro benzene ring substituents is 1. The maximum absolute atomic E-state index is 12.1. The van der Waals surface area contributed by atoms with Gasteiger partial charge in [-0.3, -0.25) is 14.9 Å². The quantitative estimate of drug-likeness (QED) is 0.571. The molecule has 1 heterocycles. The van der Waals surface area contributed by atoms with Crippen LogP contribution in [0.4, 0.5) is 5.69 Å². The fourth-order valence-corrected chi connectivity index (χ4v) is 2.42. The van der Waals surface area contributed by atoms with E-state index in [4.69, 9.17) is 0 Å². The van der Waals surface area contributed by atoms with Crippen molar-refractivity contribution in [2.75, 3.05) is 0 Å². The first kappa shape index (κ1) is 14.7. The first-order valence-electron chi connectivity index (χ1n) is 7.01. The molecule has 3 aromatic rings. The Morgan fingerprint density at radius 2 is 2.04 bits per heavy atom. The fourth-order valence-electron chi connectivity index (χ4n) is 2.42. The first-order chi connectivity index (χ1) is 11.0. The minimum atomic E-state index is -0.656. The van der Waals surface area contributed by atoms with E-state index in [9.17, 15) is 20.0 Å². The normalized spacial score (nSPS) is 10.8. The van der Waals surface area contributed by atoms with Gasteiger partial charge in [0, 0.05) is 6.07 Å². The van der Waals surface area contributed by atoms with Gasteiger partial charge in [0.2, 0.25) is 5.75 Å². The van der Waals surface area contributed by atoms with Crippen LogP contribution in [0.25, 0.3) is 22.3 Å². The molecule has 2 N–H and O–H groups in total. The van der Waals surface area contributed by atoms with Crippen LogP contribution < -0.4 is 5.56 Å². The van der Waals surface area contributed by atoms with Crippen molar-refractivity contribution in [3.05, 3.63) is 62.4 Å². The second-order valence-electron chi connectivity index (χ2n) is 5.05. The third-order valence-electron chi connectivity index (χ3n) is 3.62. The Hall–Kier alpha value is -3.22. The lowest BCUT2D eigenvalue weighted by Gasteiger charge is -2.08. The standard InChI is InChI=1S/C16H13N3O4/c1-2-9-7-11(14(20)13(8-9)19(22)23)15-17-12-6-4-3-5-10(12)16(21)18-15/h3-8,20H,2H2,1H3,(H,17,18,21). The number of aromatic nitrogens is 2. The highest BCUT2D eigenvalue weighted by atomic mass is 16.6. The second kappa shape index (κ2) is 5.53. The molecule has 0 aliphatic rings. The number of aryl methyl sites for hydroxylation is 1. The summed E-state index contributed by atoms with van der Waals surface area (Å²) < 4.78 is 0. The lowest BCUT2D eigenvalue weighted by molar-refractivity contribution is -0.385. The first-order valence-corrected chi connectivity index (χ1v) is 7.01. The van der Waals surface area contributed by atoms with Crippen LogP contribution in [-0.2, 0) is 6.42 Å². The number of H-pyrrole nitrogens is 1. The summed E-state index contributed by atoms with van der Waals surface area (Å²) in [5.74, 6) is -0.407. The van der Waals surface area contributed by atoms with E-state index in [1.165, 1.54) is 6.07 Å². The van der Waals surface area contributed by atoms with Gasteiger partial charge in [-0.05, 0) is 30.2 Å². The predicted octanol–water partition coefficient (Wildman–Crippen LogP) is 2.77. The average molecular weight is 311 g/mol. The number of aromatic amines is 1. The number of phenols is 1. The zero-order chi connectivity index (χ0) is 16.6. The van der Waals surface area contributed by atoms with Gasteiger partial charge in [-0.2, -0.15) is 0 Å². The lowest BCUT2D eigenvalue weighted by Crippen LogP contribution is -2.09. The topological polar surface area (TPSA) is 109 Å². The summed E-state index contributed by atoms with van der Waals surface area (Å²) >= 11 is 0. The van der Waals surface area contributed by atoms with Crippen LogP contribution in [0.3, 0.4) is 0 Å². The summed E-state index contributed by atoms with van der Waals surface area (Å²) in [5, 5.41) is 21.7. The number of fused-ring (bicyclic) bond motifs is 1. The van der Waals surface area contributed by atoms with E-state index in [0.717, 1.165) is 0 Å². The summed E-state index contributed by atoms with van der Waals surface area (Å²) in [6.45, 7) is 1.84. The van der Waals surface area contributed by atoms with E-state index in [-0.39, 0.29) is 16.9 Å². The molecule has 0 saturated heterocycles. The van der Waals surface area contributed by atoms with Crippen LogP contribution in [-0.4, -0.2) is 20.0 Å². The number of nitrogens with one attached hydrogen (secondary N) is 1. The largest absolute Gasteiger partial charge is 0.502 e. The van der Waals surface area contributed by atoms with E-state index in [1.54, 1.807) is 30.3 Å². The number of phenolic OH excluding ortho intramolecular Hbond substituents is 1. The van der Waals surface area contributed by atoms with Crippen LogP contribution in [0.15, 0.2) is 41.2 Å². The molecule has 0 radical (unpaired) electrons. The van der Waals surface area contributed by atoms with Crippen LogP contribution in [0.1, 0.15) is 12.5 Å². The number of hydrogen-bond acceptors (Lipinski definition) is 5. The maximum Gasteiger partial charge on any atom is 0.311 e. The molecule has 7 nitrogen and oxygen atoms in total. The Morgan fingerprint density at radius 3 is 2.74 bits per heavy atom. The third kappa shape index (κ3) is 2.52. The third-order valence-corrected chi connectivity index (χ3v) is 3.62. The molecule has 116 valence electrons. The highest BCUT2D eigenvalue weighted by Gasteiger charge is 2.21. The Balaban J connectivity index is 2.32. The van der Waals surface area contributed by atoms with Crippen molar-refractivity contribution in [1.29, 1.82) is 0 Å². The number of benzene rings is 2. The molecule has 0 unspecified atom stereocenters. The molecule has 0 aliphatic heterocycles. The molecule has 0 bridgehead atoms. The smallest absolute Gasteiger partial charge is 0.311 e. The van der Waals surface area contributed by atoms with E-state index in [1.807, 2.05) is 6.92 Å². The van der Waals surface area contributed by atoms with Crippen LogP contribution >= 0.6 is 0 Å². The van der Waals surface area contributed by atoms with E-state index in [0.29, 0.717) is 22.9 Å². The van der Waals surface area contributed by atoms with Crippen molar-refractivity contribution in [3.8, 4) is 17.1 Å². The average Bonchev–Trinajstić information content (AvgIpc) is 2.54. The minimum Gasteiger partial charge on any atom is -0.502 e. The summed E-state index contributed by atoms with van der Waals surface area (Å²) in [7, 11) is 0. The highest BCUT2D eigenvalue weighted by molar-refractivity contribution is 5.81. The number of nitrogens with zero attached hydrogens (tertiary/aromatic N) is 2. The highest BCUT2D eigenvalue weighted by Crippen LogP contribution is 2.36. The monoisotopic (exact) mass is 311 g/mol. The summed E-state index contributed by atoms with van der Waals surface area (Å²) in [6, 6.07) is 9.68. The Labute approximate surface area is 130 Å². The molecule has 0 atom stereocenters. The summed E-state index contributed by atoms with van der Waals surface area (Å²) in [5.41, 5.74) is 0.485. The molecule has 3 rings (SSSR count). The predicted molar refractivity (Wildman–Crippen MR) is 85.5 cm³/mol. The fraction of sp³-hybridized carbons (Fsp3) is 0.125. The van der Waals surface area contributed by atoms with E-state index >= 15 is 0 Å². The van der Waals surface area contributed by atoms with Gasteiger partial charge in [-0.1, -0.05) is 19.1 Å². The maximum atomic E-state index is 12.1. The lowest BCUT2D eigenvalue weighted by atomic mass is 10.0. The number of hydrogen-bond donors (Lipinski definition) is 2. The second-order valence-corrected chi connectivity index (χ2v) is 5.05. The Morgan fingerprint density at radius 1 is 1.30 bits per heavy atom. The molecule has 0 aliphatic carbocycles. The van der Waals surface area contributed by atoms with Gasteiger partial charge in [0.15, 0.2) is 0 Å². The molecule has 0 saturated carbocycles. The van der Waals surface area contributed by atoms with Gasteiger partial charge in [0.1, 0.15) is 5.82 Å². The summed E-state index contributed by atoms with van der Waals surface area (Å²) in [4.78, 5) is 29.5. The van der Waals surface area contributed by atoms with E-state index in [2.05, 4.69) is 9.97 Å². The van der Waals surface area contributed by atoms with Crippen molar-refractivity contribution in [1.82, 2.24) is 9.97 Å². The van der Waals surface area contributed by atoms with Crippen LogP contribution in [0.2, 0.25) is 0 Å². The van der Waals surface area contributed by atoms with Gasteiger partial charge in [-0.25, -0.2) is 4.98 Å². The van der Waals surface area contributed by atoms with Crippen molar-refractivity contribution in [2.45, 2.75) is 13.3 Å². The zero-order valence-corrected chi connectivity index (χ0v) is 12.2. The van der Waals surface area contributed by atoms with Crippen molar-refractivity contribution in [3.63, 3.8) is 0 Å². The van der Waals surface area contributed by atoms with Crippen LogP contribution in [0.5, 0.6) is 5.75 Å². The number of aromatic hydroxyl groups is 1. The summed E-state index contributed by atoms with van der Waals surface area (Å²) in [6.07, 6.45) is 0.548. The van der Waals surface area contributed by atoms with Gasteiger partial charge >= 0.3 is 5.69 Å². The molecule has 0 amide bonds. The SMILES string of the molecule is CCc1cc(-c2nc3ccccc3c(=O)[nH]2)c(O)c([N+](=O)[O-])c1. The minimum absolute atomic E-state index is 0.101. The van der Waals surface area contributed by atoms with Gasteiger partial charge in [0.05, 0.1) is 21.4 Å². The zero-order valence-electron chi connectivity index (χ0n) is 12.2. The molecule has 0 fully saturated rings. The number of nitro groups is 1. The Bertz CT molecular complexity index is 979. The van der Waals surface area contributed by atoms with Gasteiger partial charge in [-0.15, -0.1) is 0 Å². The Kier molecular flexibility index (Phi) is 3.53. The van der Waals surface area contributed by atoms with Crippen molar-refractivity contribution in [2.24, 2.45) is 0 Å². The number of rotatable bonds is 3. The van der Waals surface area contributed by atoms with Crippen LogP contribution in [0, 0.1) is 10.1 Å². The molecular formula is C16H13N3O4. The molecule has 23 heavy (non-hydrogen) atoms. The van der Waals surface area contributed by atoms with Crippen molar-refractivity contribution < 1.29 is 10.0 Å². The van der Waals surface area contributed by atoms with E-state index < -0.39 is 16.4 Å². The molecule has 2 aromatic carbocycles. The van der Waals surface area contributed by atoms with Gasteiger partial charge in [0.25, 0.3) is 5.56 Å². The molecular weight excluding hydrogens is 298 g/mol. The molecule has 1 aromatic heterocycles.